The van der Waals surface area contributed by atoms with Crippen LogP contribution >= 0.6 is 12.6 Å². The van der Waals surface area contributed by atoms with E-state index >= 15 is 0 Å². The summed E-state index contributed by atoms with van der Waals surface area (Å²) in [5, 5.41) is 11.6. The van der Waals surface area contributed by atoms with Crippen LogP contribution in [0.2, 0.25) is 0 Å². The van der Waals surface area contributed by atoms with E-state index in [0.717, 1.165) is 0 Å². The zero-order chi connectivity index (χ0) is 13.1. The van der Waals surface area contributed by atoms with Crippen LogP contribution in [0.3, 0.4) is 0 Å². The van der Waals surface area contributed by atoms with Gasteiger partial charge in [0.05, 0.1) is 11.1 Å². The van der Waals surface area contributed by atoms with Gasteiger partial charge in [-0.1, -0.05) is 12.1 Å². The highest BCUT2D eigenvalue weighted by Crippen LogP contribution is 2.12. The zero-order valence-corrected chi connectivity index (χ0v) is 10.6. The van der Waals surface area contributed by atoms with Crippen molar-refractivity contribution < 1.29 is 14.7 Å². The number of rotatable bonds is 4. The Hall–Kier alpha value is -1.49. The van der Waals surface area contributed by atoms with Gasteiger partial charge in [0.1, 0.15) is 0 Å². The molecule has 1 aromatic carbocycles. The van der Waals surface area contributed by atoms with E-state index in [2.05, 4.69) is 17.9 Å². The molecule has 1 rings (SSSR count). The molecule has 1 amide bonds. The summed E-state index contributed by atoms with van der Waals surface area (Å²) in [6.07, 6.45) is 0. The maximum atomic E-state index is 11.8. The largest absolute Gasteiger partial charge is 0.478 e. The summed E-state index contributed by atoms with van der Waals surface area (Å²) >= 11 is 4.28. The minimum atomic E-state index is -1.11. The molecular formula is C12H15NO3S. The summed E-state index contributed by atoms with van der Waals surface area (Å²) < 4.78 is -0.339. The fourth-order valence-corrected chi connectivity index (χ4v) is 1.34. The van der Waals surface area contributed by atoms with Gasteiger partial charge >= 0.3 is 5.97 Å². The van der Waals surface area contributed by atoms with Crippen LogP contribution in [0.25, 0.3) is 0 Å². The van der Waals surface area contributed by atoms with E-state index in [0.29, 0.717) is 6.54 Å². The summed E-state index contributed by atoms with van der Waals surface area (Å²) in [5.41, 5.74) is 0.166. The number of hydrogen-bond acceptors (Lipinski definition) is 3. The van der Waals surface area contributed by atoms with Crippen molar-refractivity contribution in [3.8, 4) is 0 Å². The van der Waals surface area contributed by atoms with Crippen LogP contribution in [0.15, 0.2) is 24.3 Å². The number of carbonyl (C=O) groups excluding carboxylic acids is 1. The Morgan fingerprint density at radius 2 is 1.82 bits per heavy atom. The summed E-state index contributed by atoms with van der Waals surface area (Å²) in [6, 6.07) is 6.11. The number of aromatic carboxylic acids is 1. The standard InChI is InChI=1S/C12H15NO3S/c1-12(2,17)7-13-10(14)8-5-3-4-6-9(8)11(15)16/h3-6,17H,7H2,1-2H3,(H,13,14)(H,15,16). The van der Waals surface area contributed by atoms with Crippen molar-refractivity contribution >= 4 is 24.5 Å². The lowest BCUT2D eigenvalue weighted by atomic mass is 10.1. The number of hydrogen-bond donors (Lipinski definition) is 3. The molecule has 0 heterocycles. The molecule has 17 heavy (non-hydrogen) atoms. The number of benzene rings is 1. The van der Waals surface area contributed by atoms with Gasteiger partial charge in [0.25, 0.3) is 5.91 Å². The van der Waals surface area contributed by atoms with Gasteiger partial charge in [0.2, 0.25) is 0 Å². The highest BCUT2D eigenvalue weighted by molar-refractivity contribution is 7.81. The molecule has 0 radical (unpaired) electrons. The van der Waals surface area contributed by atoms with Gasteiger partial charge in [0.15, 0.2) is 0 Å². The summed E-state index contributed by atoms with van der Waals surface area (Å²) in [7, 11) is 0. The minimum absolute atomic E-state index is 0.00182. The van der Waals surface area contributed by atoms with E-state index in [1.165, 1.54) is 12.1 Å². The molecule has 4 nitrogen and oxygen atoms in total. The lowest BCUT2D eigenvalue weighted by Gasteiger charge is -2.18. The first kappa shape index (κ1) is 13.6. The molecule has 0 bridgehead atoms. The van der Waals surface area contributed by atoms with Gasteiger partial charge in [-0.05, 0) is 26.0 Å². The maximum absolute atomic E-state index is 11.8. The predicted octanol–water partition coefficient (Wildman–Crippen LogP) is 1.82. The zero-order valence-electron chi connectivity index (χ0n) is 9.73. The number of amides is 1. The van der Waals surface area contributed by atoms with Crippen LogP contribution in [-0.2, 0) is 0 Å². The highest BCUT2D eigenvalue weighted by Gasteiger charge is 2.18. The molecule has 0 fully saturated rings. The molecule has 0 unspecified atom stereocenters. The fourth-order valence-electron chi connectivity index (χ4n) is 1.26. The minimum Gasteiger partial charge on any atom is -0.478 e. The summed E-state index contributed by atoms with van der Waals surface area (Å²) in [4.78, 5) is 22.7. The van der Waals surface area contributed by atoms with Gasteiger partial charge in [-0.15, -0.1) is 0 Å². The molecule has 2 N–H and O–H groups in total. The van der Waals surface area contributed by atoms with Gasteiger partial charge in [0, 0.05) is 11.3 Å². The first-order valence-corrected chi connectivity index (χ1v) is 5.59. The number of carbonyl (C=O) groups is 2. The van der Waals surface area contributed by atoms with Crippen LogP contribution < -0.4 is 5.32 Å². The van der Waals surface area contributed by atoms with Crippen molar-refractivity contribution in [1.29, 1.82) is 0 Å². The Balaban J connectivity index is 2.86. The molecule has 92 valence electrons. The molecule has 0 aliphatic heterocycles. The fraction of sp³-hybridized carbons (Fsp3) is 0.333. The SMILES string of the molecule is CC(C)(S)CNC(=O)c1ccccc1C(=O)O. The third-order valence-electron chi connectivity index (χ3n) is 2.08. The number of carboxylic acids is 1. The van der Waals surface area contributed by atoms with Crippen molar-refractivity contribution in [2.75, 3.05) is 6.54 Å². The Morgan fingerprint density at radius 1 is 1.29 bits per heavy atom. The molecule has 0 spiro atoms. The molecule has 0 atom stereocenters. The van der Waals surface area contributed by atoms with Crippen LogP contribution in [0, 0.1) is 0 Å². The predicted molar refractivity (Wildman–Crippen MR) is 68.8 cm³/mol. The topological polar surface area (TPSA) is 66.4 Å². The molecule has 0 saturated carbocycles. The lowest BCUT2D eigenvalue weighted by Crippen LogP contribution is -2.35. The third kappa shape index (κ3) is 4.11. The number of carboxylic acid groups (broad SMARTS) is 1. The van der Waals surface area contributed by atoms with E-state index in [4.69, 9.17) is 5.11 Å². The van der Waals surface area contributed by atoms with Gasteiger partial charge in [-0.25, -0.2) is 4.79 Å². The smallest absolute Gasteiger partial charge is 0.336 e. The second kappa shape index (κ2) is 5.23. The Morgan fingerprint density at radius 3 is 2.29 bits per heavy atom. The first-order chi connectivity index (χ1) is 7.81. The normalized spacial score (nSPS) is 11.0. The van der Waals surface area contributed by atoms with Crippen molar-refractivity contribution in [3.63, 3.8) is 0 Å². The van der Waals surface area contributed by atoms with Crippen LogP contribution in [0.1, 0.15) is 34.6 Å². The van der Waals surface area contributed by atoms with Gasteiger partial charge in [-0.2, -0.15) is 12.6 Å². The molecule has 0 aromatic heterocycles. The number of thiol groups is 1. The van der Waals surface area contributed by atoms with E-state index in [1.54, 1.807) is 12.1 Å². The summed E-state index contributed by atoms with van der Waals surface area (Å²) in [6.45, 7) is 4.09. The Bertz CT molecular complexity index is 438. The van der Waals surface area contributed by atoms with E-state index in [9.17, 15) is 9.59 Å². The monoisotopic (exact) mass is 253 g/mol. The van der Waals surface area contributed by atoms with E-state index < -0.39 is 11.9 Å². The molecule has 0 saturated heterocycles. The highest BCUT2D eigenvalue weighted by atomic mass is 32.1. The Kier molecular flexibility index (Phi) is 4.17. The van der Waals surface area contributed by atoms with E-state index in [1.807, 2.05) is 13.8 Å². The summed E-state index contributed by atoms with van der Waals surface area (Å²) in [5.74, 6) is -1.51. The van der Waals surface area contributed by atoms with Crippen LogP contribution in [0.5, 0.6) is 0 Å². The Labute approximate surface area is 105 Å². The van der Waals surface area contributed by atoms with Crippen molar-refractivity contribution in [1.82, 2.24) is 5.32 Å². The van der Waals surface area contributed by atoms with Gasteiger partial charge in [-0.3, -0.25) is 4.79 Å². The lowest BCUT2D eigenvalue weighted by molar-refractivity contribution is 0.0691. The van der Waals surface area contributed by atoms with Crippen molar-refractivity contribution in [3.05, 3.63) is 35.4 Å². The molecule has 0 aliphatic rings. The number of nitrogens with one attached hydrogen (secondary N) is 1. The molecule has 0 aliphatic carbocycles. The quantitative estimate of drug-likeness (QED) is 0.717. The maximum Gasteiger partial charge on any atom is 0.336 e. The van der Waals surface area contributed by atoms with Crippen LogP contribution in [-0.4, -0.2) is 28.3 Å². The molecule has 5 heteroatoms. The second-order valence-corrected chi connectivity index (χ2v) is 5.56. The average molecular weight is 253 g/mol. The molecular weight excluding hydrogens is 238 g/mol. The van der Waals surface area contributed by atoms with Gasteiger partial charge < -0.3 is 10.4 Å². The first-order valence-electron chi connectivity index (χ1n) is 5.14. The molecule has 1 aromatic rings. The third-order valence-corrected chi connectivity index (χ3v) is 2.24. The van der Waals surface area contributed by atoms with Crippen molar-refractivity contribution in [2.24, 2.45) is 0 Å². The van der Waals surface area contributed by atoms with E-state index in [-0.39, 0.29) is 15.9 Å². The van der Waals surface area contributed by atoms with Crippen molar-refractivity contribution in [2.45, 2.75) is 18.6 Å². The second-order valence-electron chi connectivity index (χ2n) is 4.35. The van der Waals surface area contributed by atoms with Crippen LogP contribution in [0.4, 0.5) is 0 Å². The average Bonchev–Trinajstić information content (AvgIpc) is 2.25.